The minimum atomic E-state index is -1.26. The number of nitrogens with one attached hydrogen (secondary N) is 3. The fourth-order valence-electron chi connectivity index (χ4n) is 2.38. The number of hydrogen-bond acceptors (Lipinski definition) is 4. The highest BCUT2D eigenvalue weighted by molar-refractivity contribution is 5.93. The van der Waals surface area contributed by atoms with Gasteiger partial charge in [-0.1, -0.05) is 0 Å². The normalized spacial score (nSPS) is 17.7. The number of anilines is 1. The van der Waals surface area contributed by atoms with Crippen molar-refractivity contribution in [3.05, 3.63) is 40.2 Å². The molecule has 2 aromatic rings. The van der Waals surface area contributed by atoms with E-state index in [1.54, 1.807) is 18.2 Å². The lowest BCUT2D eigenvalue weighted by atomic mass is 10.1. The monoisotopic (exact) mass is 287 g/mol. The third-order valence-electron chi connectivity index (χ3n) is 3.41. The first-order valence-corrected chi connectivity index (χ1v) is 6.49. The summed E-state index contributed by atoms with van der Waals surface area (Å²) in [7, 11) is 0. The molecule has 0 aliphatic carbocycles. The topological polar surface area (TPSA) is 111 Å². The third-order valence-corrected chi connectivity index (χ3v) is 3.41. The number of hydrogen-bond donors (Lipinski definition) is 4. The van der Waals surface area contributed by atoms with E-state index in [4.69, 9.17) is 5.11 Å². The van der Waals surface area contributed by atoms with Crippen molar-refractivity contribution in [2.75, 3.05) is 5.32 Å². The van der Waals surface area contributed by atoms with Crippen molar-refractivity contribution in [1.82, 2.24) is 10.3 Å². The summed E-state index contributed by atoms with van der Waals surface area (Å²) >= 11 is 0. The number of aromatic carboxylic acids is 1. The van der Waals surface area contributed by atoms with Gasteiger partial charge in [-0.2, -0.15) is 0 Å². The molecule has 1 aliphatic heterocycles. The SMILES string of the molecule is O=C1CCC(Nc2ccc3[nH]c(=O)c(C(=O)O)cc3c2)N1. The van der Waals surface area contributed by atoms with E-state index in [9.17, 15) is 14.4 Å². The van der Waals surface area contributed by atoms with Gasteiger partial charge in [-0.15, -0.1) is 0 Å². The first kappa shape index (κ1) is 13.2. The van der Waals surface area contributed by atoms with E-state index in [0.717, 1.165) is 5.69 Å². The molecule has 0 spiro atoms. The largest absolute Gasteiger partial charge is 0.477 e. The van der Waals surface area contributed by atoms with Gasteiger partial charge in [0, 0.05) is 23.0 Å². The molecule has 1 fully saturated rings. The van der Waals surface area contributed by atoms with E-state index >= 15 is 0 Å². The number of carbonyl (C=O) groups excluding carboxylic acids is 1. The predicted octanol–water partition coefficient (Wildman–Crippen LogP) is 0.874. The Bertz CT molecular complexity index is 796. The molecule has 7 heteroatoms. The summed E-state index contributed by atoms with van der Waals surface area (Å²) in [4.78, 5) is 36.2. The number of benzene rings is 1. The van der Waals surface area contributed by atoms with Crippen molar-refractivity contribution in [3.63, 3.8) is 0 Å². The molecule has 108 valence electrons. The van der Waals surface area contributed by atoms with Crippen LogP contribution in [0.15, 0.2) is 29.1 Å². The smallest absolute Gasteiger partial charge is 0.341 e. The Morgan fingerprint density at radius 3 is 2.76 bits per heavy atom. The van der Waals surface area contributed by atoms with Crippen LogP contribution in [0.3, 0.4) is 0 Å². The van der Waals surface area contributed by atoms with Gasteiger partial charge in [0.1, 0.15) is 5.56 Å². The molecule has 3 rings (SSSR count). The molecule has 0 radical (unpaired) electrons. The maximum atomic E-state index is 11.6. The van der Waals surface area contributed by atoms with Crippen LogP contribution in [-0.4, -0.2) is 28.1 Å². The summed E-state index contributed by atoms with van der Waals surface area (Å²) in [6.45, 7) is 0. The average Bonchev–Trinajstić information content (AvgIpc) is 2.83. The van der Waals surface area contributed by atoms with Gasteiger partial charge < -0.3 is 20.7 Å². The molecule has 1 aromatic heterocycles. The minimum absolute atomic E-state index is 0.00535. The molecular formula is C14H13N3O4. The van der Waals surface area contributed by atoms with Crippen LogP contribution in [0.4, 0.5) is 5.69 Å². The molecule has 1 saturated heterocycles. The van der Waals surface area contributed by atoms with E-state index in [-0.39, 0.29) is 17.6 Å². The van der Waals surface area contributed by atoms with Crippen molar-refractivity contribution in [1.29, 1.82) is 0 Å². The van der Waals surface area contributed by atoms with Crippen LogP contribution in [0.2, 0.25) is 0 Å². The summed E-state index contributed by atoms with van der Waals surface area (Å²) in [5.41, 5.74) is 0.386. The number of aromatic amines is 1. The number of rotatable bonds is 3. The van der Waals surface area contributed by atoms with Gasteiger partial charge in [-0.3, -0.25) is 9.59 Å². The Balaban J connectivity index is 1.95. The fraction of sp³-hybridized carbons (Fsp3) is 0.214. The molecule has 21 heavy (non-hydrogen) atoms. The highest BCUT2D eigenvalue weighted by Gasteiger charge is 2.20. The molecule has 1 unspecified atom stereocenters. The third kappa shape index (κ3) is 2.58. The van der Waals surface area contributed by atoms with Crippen LogP contribution in [-0.2, 0) is 4.79 Å². The maximum Gasteiger partial charge on any atom is 0.341 e. The van der Waals surface area contributed by atoms with E-state index < -0.39 is 11.5 Å². The van der Waals surface area contributed by atoms with Crippen LogP contribution >= 0.6 is 0 Å². The van der Waals surface area contributed by atoms with Gasteiger partial charge in [0.25, 0.3) is 5.56 Å². The molecule has 0 saturated carbocycles. The number of pyridine rings is 1. The molecular weight excluding hydrogens is 274 g/mol. The second kappa shape index (κ2) is 4.93. The Kier molecular flexibility index (Phi) is 3.09. The summed E-state index contributed by atoms with van der Waals surface area (Å²) < 4.78 is 0. The highest BCUT2D eigenvalue weighted by Crippen LogP contribution is 2.19. The second-order valence-electron chi connectivity index (χ2n) is 4.92. The summed E-state index contributed by atoms with van der Waals surface area (Å²) in [6, 6.07) is 6.54. The quantitative estimate of drug-likeness (QED) is 0.669. The van der Waals surface area contributed by atoms with Crippen LogP contribution in [0.25, 0.3) is 10.9 Å². The standard InChI is InChI=1S/C14H13N3O4/c18-12-4-3-11(17-12)15-8-1-2-10-7(5-8)6-9(14(20)21)13(19)16-10/h1-2,5-6,11,15H,3-4H2,(H,16,19)(H,17,18)(H,20,21). The number of carboxylic acids is 1. The first-order chi connectivity index (χ1) is 10.0. The Labute approximate surface area is 119 Å². The number of amides is 1. The first-order valence-electron chi connectivity index (χ1n) is 6.49. The van der Waals surface area contributed by atoms with Crippen LogP contribution in [0.1, 0.15) is 23.2 Å². The lowest BCUT2D eigenvalue weighted by Crippen LogP contribution is -2.32. The Hall–Kier alpha value is -2.83. The second-order valence-corrected chi connectivity index (χ2v) is 4.92. The minimum Gasteiger partial charge on any atom is -0.477 e. The van der Waals surface area contributed by atoms with Crippen molar-refractivity contribution in [2.24, 2.45) is 0 Å². The number of fused-ring (bicyclic) bond motifs is 1. The molecule has 2 heterocycles. The molecule has 1 atom stereocenters. The van der Waals surface area contributed by atoms with Crippen molar-refractivity contribution in [3.8, 4) is 0 Å². The van der Waals surface area contributed by atoms with Gasteiger partial charge in [0.15, 0.2) is 0 Å². The zero-order valence-electron chi connectivity index (χ0n) is 11.0. The van der Waals surface area contributed by atoms with Crippen molar-refractivity contribution in [2.45, 2.75) is 19.0 Å². The van der Waals surface area contributed by atoms with Gasteiger partial charge >= 0.3 is 5.97 Å². The maximum absolute atomic E-state index is 11.6. The Morgan fingerprint density at radius 1 is 1.29 bits per heavy atom. The van der Waals surface area contributed by atoms with Crippen LogP contribution in [0, 0.1) is 0 Å². The van der Waals surface area contributed by atoms with Gasteiger partial charge in [-0.25, -0.2) is 4.79 Å². The molecule has 0 bridgehead atoms. The van der Waals surface area contributed by atoms with E-state index in [0.29, 0.717) is 23.7 Å². The van der Waals surface area contributed by atoms with E-state index in [1.807, 2.05) is 0 Å². The highest BCUT2D eigenvalue weighted by atomic mass is 16.4. The molecule has 4 N–H and O–H groups in total. The van der Waals surface area contributed by atoms with Gasteiger partial charge in [0.2, 0.25) is 5.91 Å². The molecule has 7 nitrogen and oxygen atoms in total. The molecule has 1 aliphatic rings. The van der Waals surface area contributed by atoms with Gasteiger partial charge in [-0.05, 0) is 30.7 Å². The molecule has 1 aromatic carbocycles. The summed E-state index contributed by atoms with van der Waals surface area (Å²) in [6.07, 6.45) is 1.06. The lowest BCUT2D eigenvalue weighted by molar-refractivity contribution is -0.119. The Morgan fingerprint density at radius 2 is 2.10 bits per heavy atom. The van der Waals surface area contributed by atoms with Crippen LogP contribution < -0.4 is 16.2 Å². The zero-order valence-corrected chi connectivity index (χ0v) is 11.0. The lowest BCUT2D eigenvalue weighted by Gasteiger charge is -2.14. The van der Waals surface area contributed by atoms with E-state index in [2.05, 4.69) is 15.6 Å². The summed E-state index contributed by atoms with van der Waals surface area (Å²) in [5.74, 6) is -1.26. The van der Waals surface area contributed by atoms with Crippen molar-refractivity contribution >= 4 is 28.5 Å². The molecule has 1 amide bonds. The number of carbonyl (C=O) groups is 2. The van der Waals surface area contributed by atoms with Crippen molar-refractivity contribution < 1.29 is 14.7 Å². The zero-order chi connectivity index (χ0) is 15.0. The predicted molar refractivity (Wildman–Crippen MR) is 76.3 cm³/mol. The summed E-state index contributed by atoms with van der Waals surface area (Å²) in [5, 5.41) is 15.5. The number of carboxylic acid groups (broad SMARTS) is 1. The number of aromatic nitrogens is 1. The fourth-order valence-corrected chi connectivity index (χ4v) is 2.38. The average molecular weight is 287 g/mol. The van der Waals surface area contributed by atoms with Gasteiger partial charge in [0.05, 0.1) is 6.17 Å². The van der Waals surface area contributed by atoms with E-state index in [1.165, 1.54) is 6.07 Å². The van der Waals surface area contributed by atoms with Crippen LogP contribution in [0.5, 0.6) is 0 Å². The number of H-pyrrole nitrogens is 1.